The Bertz CT molecular complexity index is 780. The van der Waals surface area contributed by atoms with Crippen LogP contribution in [0.4, 0.5) is 8.78 Å². The molecular formula is C17H20F2N2O2S. The largest absolute Gasteiger partial charge is 0.308 e. The zero-order valence-electron chi connectivity index (χ0n) is 13.6. The van der Waals surface area contributed by atoms with Gasteiger partial charge in [0.15, 0.2) is 0 Å². The van der Waals surface area contributed by atoms with Crippen molar-refractivity contribution in [2.75, 3.05) is 27.2 Å². The van der Waals surface area contributed by atoms with Gasteiger partial charge in [0.2, 0.25) is 10.0 Å². The highest BCUT2D eigenvalue weighted by molar-refractivity contribution is 7.89. The van der Waals surface area contributed by atoms with E-state index in [4.69, 9.17) is 0 Å². The van der Waals surface area contributed by atoms with Crippen molar-refractivity contribution in [2.45, 2.75) is 11.4 Å². The molecule has 0 aliphatic rings. The van der Waals surface area contributed by atoms with Crippen LogP contribution in [0, 0.1) is 11.6 Å². The highest BCUT2D eigenvalue weighted by Gasteiger charge is 2.28. The smallest absolute Gasteiger partial charge is 0.246 e. The number of likely N-dealkylation sites (N-methyl/N-ethyl adjacent to an activating group) is 1. The van der Waals surface area contributed by atoms with E-state index in [-0.39, 0.29) is 13.1 Å². The van der Waals surface area contributed by atoms with Gasteiger partial charge in [-0.2, -0.15) is 4.31 Å². The summed E-state index contributed by atoms with van der Waals surface area (Å²) in [4.78, 5) is 1.19. The van der Waals surface area contributed by atoms with E-state index >= 15 is 0 Å². The van der Waals surface area contributed by atoms with Gasteiger partial charge < -0.3 is 4.90 Å². The maximum absolute atomic E-state index is 14.0. The number of benzene rings is 2. The highest BCUT2D eigenvalue weighted by atomic mass is 32.2. The van der Waals surface area contributed by atoms with Crippen LogP contribution in [0.2, 0.25) is 0 Å². The van der Waals surface area contributed by atoms with Crippen LogP contribution in [0.1, 0.15) is 5.56 Å². The lowest BCUT2D eigenvalue weighted by atomic mass is 10.2. The van der Waals surface area contributed by atoms with E-state index in [9.17, 15) is 17.2 Å². The molecule has 0 aliphatic carbocycles. The molecule has 0 amide bonds. The van der Waals surface area contributed by atoms with Crippen molar-refractivity contribution < 1.29 is 17.2 Å². The minimum atomic E-state index is -4.16. The third kappa shape index (κ3) is 4.59. The summed E-state index contributed by atoms with van der Waals surface area (Å²) < 4.78 is 54.2. The number of hydrogen-bond donors (Lipinski definition) is 0. The van der Waals surface area contributed by atoms with E-state index in [1.807, 2.05) is 25.1 Å². The fourth-order valence-electron chi connectivity index (χ4n) is 2.20. The van der Waals surface area contributed by atoms with Crippen molar-refractivity contribution in [1.82, 2.24) is 9.21 Å². The number of sulfonamides is 1. The topological polar surface area (TPSA) is 40.6 Å². The molecule has 0 spiro atoms. The second-order valence-electron chi connectivity index (χ2n) is 5.70. The van der Waals surface area contributed by atoms with Gasteiger partial charge in [0.25, 0.3) is 0 Å². The van der Waals surface area contributed by atoms with E-state index in [2.05, 4.69) is 0 Å². The summed E-state index contributed by atoms with van der Waals surface area (Å²) in [5, 5.41) is 0. The summed E-state index contributed by atoms with van der Waals surface area (Å²) in [6.07, 6.45) is 0. The molecule has 0 bridgehead atoms. The zero-order chi connectivity index (χ0) is 17.7. The van der Waals surface area contributed by atoms with Crippen molar-refractivity contribution in [1.29, 1.82) is 0 Å². The normalized spacial score (nSPS) is 12.1. The van der Waals surface area contributed by atoms with E-state index in [1.54, 1.807) is 24.3 Å². The van der Waals surface area contributed by atoms with Crippen LogP contribution in [0.5, 0.6) is 0 Å². The number of nitrogens with zero attached hydrogens (tertiary/aromatic N) is 2. The molecule has 2 aromatic rings. The Morgan fingerprint density at radius 2 is 1.62 bits per heavy atom. The van der Waals surface area contributed by atoms with Gasteiger partial charge in [-0.25, -0.2) is 17.2 Å². The minimum absolute atomic E-state index is 0.0902. The van der Waals surface area contributed by atoms with Gasteiger partial charge in [-0.05, 0) is 37.9 Å². The third-order valence-electron chi connectivity index (χ3n) is 3.51. The first kappa shape index (κ1) is 18.5. The number of rotatable bonds is 7. The molecule has 0 aromatic heterocycles. The van der Waals surface area contributed by atoms with Crippen molar-refractivity contribution in [3.05, 3.63) is 65.7 Å². The maximum atomic E-state index is 14.0. The Hall–Kier alpha value is -1.83. The van der Waals surface area contributed by atoms with Crippen LogP contribution >= 0.6 is 0 Å². The van der Waals surface area contributed by atoms with E-state index < -0.39 is 26.6 Å². The predicted molar refractivity (Wildman–Crippen MR) is 88.9 cm³/mol. The molecule has 4 nitrogen and oxygen atoms in total. The first-order valence-corrected chi connectivity index (χ1v) is 8.88. The summed E-state index contributed by atoms with van der Waals surface area (Å²) in [5.41, 5.74) is 0.775. The van der Waals surface area contributed by atoms with Crippen molar-refractivity contribution in [3.63, 3.8) is 0 Å². The first-order chi connectivity index (χ1) is 11.3. The van der Waals surface area contributed by atoms with Gasteiger partial charge in [0, 0.05) is 19.6 Å². The molecule has 0 saturated heterocycles. The van der Waals surface area contributed by atoms with Crippen LogP contribution in [0.15, 0.2) is 53.4 Å². The minimum Gasteiger partial charge on any atom is -0.308 e. The molecule has 0 unspecified atom stereocenters. The van der Waals surface area contributed by atoms with Crippen LogP contribution in [0.3, 0.4) is 0 Å². The van der Waals surface area contributed by atoms with Gasteiger partial charge in [-0.15, -0.1) is 0 Å². The van der Waals surface area contributed by atoms with Crippen LogP contribution in [-0.4, -0.2) is 44.8 Å². The molecule has 0 N–H and O–H groups in total. The predicted octanol–water partition coefficient (Wildman–Crippen LogP) is 2.72. The monoisotopic (exact) mass is 354 g/mol. The lowest BCUT2D eigenvalue weighted by Gasteiger charge is -2.24. The van der Waals surface area contributed by atoms with Gasteiger partial charge in [-0.3, -0.25) is 0 Å². The first-order valence-electron chi connectivity index (χ1n) is 7.44. The van der Waals surface area contributed by atoms with Crippen LogP contribution in [0.25, 0.3) is 0 Å². The van der Waals surface area contributed by atoms with Crippen molar-refractivity contribution in [2.24, 2.45) is 0 Å². The Labute approximate surface area is 141 Å². The fourth-order valence-corrected chi connectivity index (χ4v) is 3.69. The fraction of sp³-hybridized carbons (Fsp3) is 0.294. The van der Waals surface area contributed by atoms with E-state index in [0.717, 1.165) is 23.8 Å². The second kappa shape index (κ2) is 7.83. The van der Waals surface area contributed by atoms with Crippen LogP contribution in [-0.2, 0) is 16.6 Å². The molecule has 130 valence electrons. The average molecular weight is 354 g/mol. The zero-order valence-corrected chi connectivity index (χ0v) is 14.4. The molecule has 24 heavy (non-hydrogen) atoms. The molecule has 0 saturated carbocycles. The van der Waals surface area contributed by atoms with E-state index in [1.165, 1.54) is 4.31 Å². The number of hydrogen-bond acceptors (Lipinski definition) is 3. The molecule has 0 heterocycles. The van der Waals surface area contributed by atoms with Gasteiger partial charge in [-0.1, -0.05) is 30.3 Å². The second-order valence-corrected chi connectivity index (χ2v) is 7.61. The Morgan fingerprint density at radius 1 is 0.958 bits per heavy atom. The molecule has 2 rings (SSSR count). The van der Waals surface area contributed by atoms with Crippen LogP contribution < -0.4 is 0 Å². The van der Waals surface area contributed by atoms with Gasteiger partial charge >= 0.3 is 0 Å². The molecule has 0 atom stereocenters. The lowest BCUT2D eigenvalue weighted by molar-refractivity contribution is 0.328. The molecule has 0 aliphatic heterocycles. The average Bonchev–Trinajstić information content (AvgIpc) is 2.54. The Balaban J connectivity index is 2.38. The summed E-state index contributed by atoms with van der Waals surface area (Å²) in [6, 6.07) is 11.5. The Morgan fingerprint density at radius 3 is 2.25 bits per heavy atom. The summed E-state index contributed by atoms with van der Waals surface area (Å²) in [5.74, 6) is -1.75. The lowest BCUT2D eigenvalue weighted by Crippen LogP contribution is -2.36. The molecule has 7 heteroatoms. The summed E-state index contributed by atoms with van der Waals surface area (Å²) in [6.45, 7) is 0.718. The maximum Gasteiger partial charge on any atom is 0.246 e. The van der Waals surface area contributed by atoms with E-state index in [0.29, 0.717) is 6.54 Å². The summed E-state index contributed by atoms with van der Waals surface area (Å²) in [7, 11) is -0.525. The van der Waals surface area contributed by atoms with Gasteiger partial charge in [0.1, 0.15) is 16.5 Å². The van der Waals surface area contributed by atoms with Gasteiger partial charge in [0.05, 0.1) is 0 Å². The highest BCUT2D eigenvalue weighted by Crippen LogP contribution is 2.22. The van der Waals surface area contributed by atoms with Crippen molar-refractivity contribution in [3.8, 4) is 0 Å². The molecular weight excluding hydrogens is 334 g/mol. The summed E-state index contributed by atoms with van der Waals surface area (Å²) >= 11 is 0. The van der Waals surface area contributed by atoms with Crippen molar-refractivity contribution >= 4 is 10.0 Å². The third-order valence-corrected chi connectivity index (χ3v) is 5.37. The molecule has 0 radical (unpaired) electrons. The standard InChI is InChI=1S/C17H20F2N2O2S/c1-20(2)10-11-21(13-14-6-4-3-5-7-14)24(22,23)17-12-15(18)8-9-16(17)19/h3-9,12H,10-11,13H2,1-2H3. The Kier molecular flexibility index (Phi) is 6.04. The molecule has 2 aromatic carbocycles. The molecule has 0 fully saturated rings. The number of halogens is 2. The SMILES string of the molecule is CN(C)CCN(Cc1ccccc1)S(=O)(=O)c1cc(F)ccc1F. The quantitative estimate of drug-likeness (QED) is 0.768.